The quantitative estimate of drug-likeness (QED) is 0.613. The van der Waals surface area contributed by atoms with Crippen molar-refractivity contribution >= 4 is 0 Å². The predicted molar refractivity (Wildman–Crippen MR) is 43.7 cm³/mol. The van der Waals surface area contributed by atoms with Crippen LogP contribution in [0.1, 0.15) is 34.6 Å². The number of rotatable bonds is 3. The molecule has 0 radical (unpaired) electrons. The van der Waals surface area contributed by atoms with Crippen LogP contribution in [0.25, 0.3) is 0 Å². The van der Waals surface area contributed by atoms with Crippen LogP contribution in [0.15, 0.2) is 0 Å². The summed E-state index contributed by atoms with van der Waals surface area (Å²) in [4.78, 5) is 5.29. The highest BCUT2D eigenvalue weighted by Crippen LogP contribution is 2.03. The van der Waals surface area contributed by atoms with Crippen LogP contribution in [0.5, 0.6) is 0 Å². The van der Waals surface area contributed by atoms with E-state index in [1.165, 1.54) is 0 Å². The maximum atomic E-state index is 5.29. The van der Waals surface area contributed by atoms with E-state index in [0.29, 0.717) is 5.92 Å². The molecule has 0 aromatic carbocycles. The first-order valence-corrected chi connectivity index (χ1v) is 3.82. The summed E-state index contributed by atoms with van der Waals surface area (Å²) in [6.45, 7) is 11.3. The summed E-state index contributed by atoms with van der Waals surface area (Å²) >= 11 is 0. The van der Waals surface area contributed by atoms with Crippen molar-refractivity contribution in [2.24, 2.45) is 5.92 Å². The van der Waals surface area contributed by atoms with Crippen molar-refractivity contribution in [1.29, 1.82) is 0 Å². The van der Waals surface area contributed by atoms with Crippen LogP contribution in [0.3, 0.4) is 0 Å². The van der Waals surface area contributed by atoms with Gasteiger partial charge in [-0.05, 0) is 26.7 Å². The van der Waals surface area contributed by atoms with Gasteiger partial charge in [0.1, 0.15) is 0 Å². The molecule has 0 unspecified atom stereocenters. The topological polar surface area (TPSA) is 21.3 Å². The molecule has 1 N–H and O–H groups in total. The molecule has 0 aromatic rings. The van der Waals surface area contributed by atoms with Crippen molar-refractivity contribution in [2.45, 2.75) is 40.2 Å². The lowest BCUT2D eigenvalue weighted by Crippen LogP contribution is -2.31. The second kappa shape index (κ2) is 3.94. The number of hydroxylamine groups is 1. The molecular formula is C8H19NO. The highest BCUT2D eigenvalue weighted by molar-refractivity contribution is 4.56. The molecular weight excluding hydrogens is 126 g/mol. The number of nitrogens with one attached hydrogen (secondary N) is 1. The van der Waals surface area contributed by atoms with Crippen LogP contribution in [0.4, 0.5) is 0 Å². The first-order chi connectivity index (χ1) is 4.42. The first-order valence-electron chi connectivity index (χ1n) is 3.82. The third-order valence-electron chi connectivity index (χ3n) is 0.870. The zero-order valence-electron chi connectivity index (χ0n) is 7.69. The SMILES string of the molecule is CC(C)CNOC(C)(C)C. The van der Waals surface area contributed by atoms with Gasteiger partial charge in [-0.3, -0.25) is 4.84 Å². The standard InChI is InChI=1S/C8H19NO/c1-7(2)6-9-10-8(3,4)5/h7,9H,6H2,1-5H3. The summed E-state index contributed by atoms with van der Waals surface area (Å²) in [6, 6.07) is 0. The monoisotopic (exact) mass is 145 g/mol. The first kappa shape index (κ1) is 9.92. The van der Waals surface area contributed by atoms with Crippen LogP contribution in [-0.2, 0) is 4.84 Å². The van der Waals surface area contributed by atoms with Crippen LogP contribution in [-0.4, -0.2) is 12.1 Å². The minimum absolute atomic E-state index is 0.0745. The van der Waals surface area contributed by atoms with E-state index in [9.17, 15) is 0 Å². The third kappa shape index (κ3) is 7.92. The van der Waals surface area contributed by atoms with Gasteiger partial charge in [-0.15, -0.1) is 0 Å². The van der Waals surface area contributed by atoms with Gasteiger partial charge < -0.3 is 0 Å². The lowest BCUT2D eigenvalue weighted by molar-refractivity contribution is -0.0756. The maximum Gasteiger partial charge on any atom is 0.0812 e. The molecule has 10 heavy (non-hydrogen) atoms. The van der Waals surface area contributed by atoms with E-state index in [0.717, 1.165) is 6.54 Å². The van der Waals surface area contributed by atoms with Gasteiger partial charge in [0.15, 0.2) is 0 Å². The molecule has 0 aliphatic carbocycles. The molecule has 0 aliphatic heterocycles. The highest BCUT2D eigenvalue weighted by atomic mass is 16.7. The van der Waals surface area contributed by atoms with E-state index in [1.807, 2.05) is 20.8 Å². The number of hydrogen-bond acceptors (Lipinski definition) is 2. The molecule has 0 spiro atoms. The number of hydrogen-bond donors (Lipinski definition) is 1. The fraction of sp³-hybridized carbons (Fsp3) is 1.00. The van der Waals surface area contributed by atoms with Crippen molar-refractivity contribution in [3.63, 3.8) is 0 Å². The molecule has 2 nitrogen and oxygen atoms in total. The Morgan fingerprint density at radius 2 is 1.80 bits per heavy atom. The van der Waals surface area contributed by atoms with E-state index in [1.54, 1.807) is 0 Å². The summed E-state index contributed by atoms with van der Waals surface area (Å²) < 4.78 is 0. The van der Waals surface area contributed by atoms with Gasteiger partial charge in [0, 0.05) is 6.54 Å². The highest BCUT2D eigenvalue weighted by Gasteiger charge is 2.09. The van der Waals surface area contributed by atoms with Crippen LogP contribution < -0.4 is 5.48 Å². The van der Waals surface area contributed by atoms with Crippen molar-refractivity contribution in [2.75, 3.05) is 6.54 Å². The van der Waals surface area contributed by atoms with E-state index < -0.39 is 0 Å². The Bertz CT molecular complexity index is 83.7. The Labute approximate surface area is 63.9 Å². The molecule has 0 atom stereocenters. The third-order valence-corrected chi connectivity index (χ3v) is 0.870. The minimum atomic E-state index is -0.0745. The molecule has 0 amide bonds. The summed E-state index contributed by atoms with van der Waals surface area (Å²) in [5, 5.41) is 0. The summed E-state index contributed by atoms with van der Waals surface area (Å²) in [7, 11) is 0. The molecule has 62 valence electrons. The summed E-state index contributed by atoms with van der Waals surface area (Å²) in [5.74, 6) is 0.641. The fourth-order valence-electron chi connectivity index (χ4n) is 0.425. The summed E-state index contributed by atoms with van der Waals surface area (Å²) in [6.07, 6.45) is 0. The van der Waals surface area contributed by atoms with Gasteiger partial charge in [0.25, 0.3) is 0 Å². The van der Waals surface area contributed by atoms with Crippen molar-refractivity contribution in [1.82, 2.24) is 5.48 Å². The van der Waals surface area contributed by atoms with Crippen molar-refractivity contribution in [3.8, 4) is 0 Å². The van der Waals surface area contributed by atoms with Crippen molar-refractivity contribution < 1.29 is 4.84 Å². The van der Waals surface area contributed by atoms with E-state index in [2.05, 4.69) is 19.3 Å². The van der Waals surface area contributed by atoms with E-state index in [4.69, 9.17) is 4.84 Å². The van der Waals surface area contributed by atoms with Gasteiger partial charge in [0.2, 0.25) is 0 Å². The molecule has 0 bridgehead atoms. The van der Waals surface area contributed by atoms with Gasteiger partial charge >= 0.3 is 0 Å². The molecule has 0 saturated carbocycles. The van der Waals surface area contributed by atoms with E-state index in [-0.39, 0.29) is 5.60 Å². The molecule has 0 aliphatic rings. The lowest BCUT2D eigenvalue weighted by Gasteiger charge is -2.20. The molecule has 0 fully saturated rings. The Morgan fingerprint density at radius 1 is 1.30 bits per heavy atom. The molecule has 0 aromatic heterocycles. The lowest BCUT2D eigenvalue weighted by atomic mass is 10.2. The smallest absolute Gasteiger partial charge is 0.0812 e. The minimum Gasteiger partial charge on any atom is -0.296 e. The zero-order valence-corrected chi connectivity index (χ0v) is 7.69. The Morgan fingerprint density at radius 3 is 2.10 bits per heavy atom. The second-order valence-electron chi connectivity index (χ2n) is 3.96. The summed E-state index contributed by atoms with van der Waals surface area (Å²) in [5.41, 5.74) is 2.85. The fourth-order valence-corrected chi connectivity index (χ4v) is 0.425. The van der Waals surface area contributed by atoms with Crippen LogP contribution in [0, 0.1) is 5.92 Å². The van der Waals surface area contributed by atoms with Crippen molar-refractivity contribution in [3.05, 3.63) is 0 Å². The Hall–Kier alpha value is -0.0800. The zero-order chi connectivity index (χ0) is 8.20. The molecule has 0 saturated heterocycles. The molecule has 0 heterocycles. The van der Waals surface area contributed by atoms with Gasteiger partial charge in [-0.1, -0.05) is 13.8 Å². The average Bonchev–Trinajstić information content (AvgIpc) is 1.59. The van der Waals surface area contributed by atoms with Crippen LogP contribution in [0.2, 0.25) is 0 Å². The second-order valence-corrected chi connectivity index (χ2v) is 3.96. The van der Waals surface area contributed by atoms with Gasteiger partial charge in [0.05, 0.1) is 5.60 Å². The van der Waals surface area contributed by atoms with Gasteiger partial charge in [-0.25, -0.2) is 5.48 Å². The predicted octanol–water partition coefficient (Wildman–Crippen LogP) is 1.96. The maximum absolute atomic E-state index is 5.29. The Balaban J connectivity index is 3.21. The Kier molecular flexibility index (Phi) is 3.91. The molecule has 0 rings (SSSR count). The largest absolute Gasteiger partial charge is 0.296 e. The molecule has 2 heteroatoms. The normalized spacial score (nSPS) is 12.6. The average molecular weight is 145 g/mol. The van der Waals surface area contributed by atoms with Crippen LogP contribution >= 0.6 is 0 Å². The van der Waals surface area contributed by atoms with Gasteiger partial charge in [-0.2, -0.15) is 0 Å². The van der Waals surface area contributed by atoms with E-state index >= 15 is 0 Å².